The van der Waals surface area contributed by atoms with E-state index in [1.165, 1.54) is 0 Å². The maximum atomic E-state index is 11.6. The van der Waals surface area contributed by atoms with Gasteiger partial charge in [-0.1, -0.05) is 30.8 Å². The second-order valence-corrected chi connectivity index (χ2v) is 5.46. The molecule has 1 atom stereocenters. The molecule has 0 aliphatic carbocycles. The topological polar surface area (TPSA) is 74.2 Å². The van der Waals surface area contributed by atoms with E-state index < -0.39 is 12.1 Å². The molecule has 0 aromatic heterocycles. The normalized spacial score (nSPS) is 11.8. The van der Waals surface area contributed by atoms with Gasteiger partial charge in [0.2, 0.25) is 0 Å². The highest BCUT2D eigenvalue weighted by Gasteiger charge is 2.16. The predicted octanol–water partition coefficient (Wildman–Crippen LogP) is 2.68. The lowest BCUT2D eigenvalue weighted by Crippen LogP contribution is -2.28. The summed E-state index contributed by atoms with van der Waals surface area (Å²) in [6.45, 7) is 4.89. The van der Waals surface area contributed by atoms with E-state index in [0.29, 0.717) is 11.5 Å². The van der Waals surface area contributed by atoms with E-state index in [4.69, 9.17) is 18.9 Å². The molecule has 0 spiro atoms. The lowest BCUT2D eigenvalue weighted by atomic mass is 10.1. The van der Waals surface area contributed by atoms with Crippen LogP contribution in [-0.4, -0.2) is 44.3 Å². The van der Waals surface area contributed by atoms with E-state index in [1.807, 2.05) is 24.3 Å². The third kappa shape index (κ3) is 4.95. The van der Waals surface area contributed by atoms with E-state index in [0.717, 1.165) is 10.8 Å². The third-order valence-corrected chi connectivity index (χ3v) is 3.43. The minimum Gasteiger partial charge on any atom is -0.489 e. The minimum absolute atomic E-state index is 0.0256. The van der Waals surface area contributed by atoms with Crippen LogP contribution in [0.4, 0.5) is 0 Å². The van der Waals surface area contributed by atoms with Gasteiger partial charge in [0.1, 0.15) is 18.1 Å². The molecule has 0 fully saturated rings. The lowest BCUT2D eigenvalue weighted by molar-refractivity contribution is -0.147. The fraction of sp³-hybridized carbons (Fsp3) is 0.316. The number of aliphatic hydroxyl groups excluding tert-OH is 1. The fourth-order valence-electron chi connectivity index (χ4n) is 2.18. The largest absolute Gasteiger partial charge is 0.489 e. The van der Waals surface area contributed by atoms with Crippen LogP contribution >= 0.6 is 0 Å². The minimum atomic E-state index is -0.771. The van der Waals surface area contributed by atoms with Gasteiger partial charge in [-0.3, -0.25) is 0 Å². The molecule has 6 nitrogen and oxygen atoms in total. The molecule has 0 bridgehead atoms. The second-order valence-electron chi connectivity index (χ2n) is 5.46. The second kappa shape index (κ2) is 9.05. The SMILES string of the molecule is C=C(C)C(=O)OC(CO)COc1ccc(OCOC)c2ccccc12. The maximum Gasteiger partial charge on any atom is 0.333 e. The quantitative estimate of drug-likeness (QED) is 0.427. The molecule has 0 heterocycles. The zero-order valence-electron chi connectivity index (χ0n) is 14.4. The van der Waals surface area contributed by atoms with Gasteiger partial charge in [-0.15, -0.1) is 0 Å². The predicted molar refractivity (Wildman–Crippen MR) is 93.7 cm³/mol. The molecule has 0 saturated heterocycles. The number of methoxy groups -OCH3 is 1. The maximum absolute atomic E-state index is 11.6. The Morgan fingerprint density at radius 2 is 1.72 bits per heavy atom. The number of hydrogen-bond acceptors (Lipinski definition) is 6. The highest BCUT2D eigenvalue weighted by Crippen LogP contribution is 2.33. The number of esters is 1. The van der Waals surface area contributed by atoms with Crippen molar-refractivity contribution >= 4 is 16.7 Å². The Labute approximate surface area is 146 Å². The van der Waals surface area contributed by atoms with Crippen molar-refractivity contribution in [2.24, 2.45) is 0 Å². The lowest BCUT2D eigenvalue weighted by Gasteiger charge is -2.18. The average Bonchev–Trinajstić information content (AvgIpc) is 2.63. The molecule has 1 unspecified atom stereocenters. The van der Waals surface area contributed by atoms with E-state index in [2.05, 4.69) is 6.58 Å². The monoisotopic (exact) mass is 346 g/mol. The Kier molecular flexibility index (Phi) is 6.80. The first-order chi connectivity index (χ1) is 12.1. The van der Waals surface area contributed by atoms with Gasteiger partial charge < -0.3 is 24.1 Å². The van der Waals surface area contributed by atoms with Gasteiger partial charge in [-0.2, -0.15) is 0 Å². The molecular weight excluding hydrogens is 324 g/mol. The first-order valence-electron chi connectivity index (χ1n) is 7.80. The van der Waals surface area contributed by atoms with Crippen LogP contribution in [0.1, 0.15) is 6.92 Å². The zero-order chi connectivity index (χ0) is 18.2. The number of hydrogen-bond donors (Lipinski definition) is 1. The Hall–Kier alpha value is -2.57. The van der Waals surface area contributed by atoms with Crippen molar-refractivity contribution in [1.29, 1.82) is 0 Å². The Morgan fingerprint density at radius 3 is 2.24 bits per heavy atom. The standard InChI is InChI=1S/C19H22O6/c1-13(2)19(21)25-14(10-20)11-23-17-8-9-18(24-12-22-3)16-7-5-4-6-15(16)17/h4-9,14,20H,1,10-12H2,2-3H3. The molecule has 0 aliphatic rings. The summed E-state index contributed by atoms with van der Waals surface area (Å²) in [5, 5.41) is 11.1. The van der Waals surface area contributed by atoms with E-state index in [1.54, 1.807) is 26.2 Å². The molecule has 0 amide bonds. The van der Waals surface area contributed by atoms with Crippen LogP contribution in [0.3, 0.4) is 0 Å². The van der Waals surface area contributed by atoms with Crippen LogP contribution in [-0.2, 0) is 14.3 Å². The molecule has 0 radical (unpaired) electrons. The first-order valence-corrected chi connectivity index (χ1v) is 7.80. The summed E-state index contributed by atoms with van der Waals surface area (Å²) in [5.74, 6) is 0.721. The number of rotatable bonds is 9. The molecule has 25 heavy (non-hydrogen) atoms. The van der Waals surface area contributed by atoms with Gasteiger partial charge in [0.15, 0.2) is 12.9 Å². The van der Waals surface area contributed by atoms with Crippen LogP contribution in [0.5, 0.6) is 11.5 Å². The molecule has 6 heteroatoms. The summed E-state index contributed by atoms with van der Waals surface area (Å²) in [4.78, 5) is 11.6. The molecular formula is C19H22O6. The van der Waals surface area contributed by atoms with E-state index >= 15 is 0 Å². The van der Waals surface area contributed by atoms with Crippen molar-refractivity contribution in [3.8, 4) is 11.5 Å². The van der Waals surface area contributed by atoms with Crippen molar-refractivity contribution in [3.63, 3.8) is 0 Å². The van der Waals surface area contributed by atoms with Gasteiger partial charge in [0, 0.05) is 23.5 Å². The Bertz CT molecular complexity index is 740. The van der Waals surface area contributed by atoms with Crippen LogP contribution in [0, 0.1) is 0 Å². The Balaban J connectivity index is 2.15. The Morgan fingerprint density at radius 1 is 1.12 bits per heavy atom. The summed E-state index contributed by atoms with van der Waals surface area (Å²) in [6.07, 6.45) is -0.771. The van der Waals surface area contributed by atoms with Crippen molar-refractivity contribution in [1.82, 2.24) is 0 Å². The number of aliphatic hydroxyl groups is 1. The van der Waals surface area contributed by atoms with Gasteiger partial charge in [-0.25, -0.2) is 4.79 Å². The number of fused-ring (bicyclic) bond motifs is 1. The average molecular weight is 346 g/mol. The molecule has 0 aliphatic heterocycles. The fourth-order valence-corrected chi connectivity index (χ4v) is 2.18. The van der Waals surface area contributed by atoms with Crippen molar-refractivity contribution in [3.05, 3.63) is 48.6 Å². The van der Waals surface area contributed by atoms with Gasteiger partial charge >= 0.3 is 5.97 Å². The van der Waals surface area contributed by atoms with Gasteiger partial charge in [0.05, 0.1) is 6.61 Å². The molecule has 134 valence electrons. The molecule has 2 aromatic rings. The summed E-state index contributed by atoms with van der Waals surface area (Å²) in [6, 6.07) is 11.2. The highest BCUT2D eigenvalue weighted by molar-refractivity contribution is 5.93. The summed E-state index contributed by atoms with van der Waals surface area (Å²) in [5.41, 5.74) is 0.267. The third-order valence-electron chi connectivity index (χ3n) is 3.43. The van der Waals surface area contributed by atoms with Crippen LogP contribution in [0.15, 0.2) is 48.6 Å². The van der Waals surface area contributed by atoms with Gasteiger partial charge in [0.25, 0.3) is 0 Å². The van der Waals surface area contributed by atoms with Crippen LogP contribution in [0.2, 0.25) is 0 Å². The zero-order valence-corrected chi connectivity index (χ0v) is 14.4. The number of ether oxygens (including phenoxy) is 4. The smallest absolute Gasteiger partial charge is 0.333 e. The molecule has 2 rings (SSSR count). The summed E-state index contributed by atoms with van der Waals surface area (Å²) in [7, 11) is 1.56. The van der Waals surface area contributed by atoms with Crippen molar-refractivity contribution in [2.75, 3.05) is 27.1 Å². The number of carbonyl (C=O) groups is 1. The number of benzene rings is 2. The summed E-state index contributed by atoms with van der Waals surface area (Å²) >= 11 is 0. The van der Waals surface area contributed by atoms with Crippen LogP contribution < -0.4 is 9.47 Å². The van der Waals surface area contributed by atoms with Crippen molar-refractivity contribution in [2.45, 2.75) is 13.0 Å². The van der Waals surface area contributed by atoms with E-state index in [-0.39, 0.29) is 25.6 Å². The van der Waals surface area contributed by atoms with Gasteiger partial charge in [-0.05, 0) is 19.1 Å². The molecule has 0 saturated carbocycles. The molecule has 2 aromatic carbocycles. The summed E-state index contributed by atoms with van der Waals surface area (Å²) < 4.78 is 21.4. The van der Waals surface area contributed by atoms with E-state index in [9.17, 15) is 9.90 Å². The van der Waals surface area contributed by atoms with Crippen LogP contribution in [0.25, 0.3) is 10.8 Å². The number of carbonyl (C=O) groups excluding carboxylic acids is 1. The molecule has 1 N–H and O–H groups in total. The highest BCUT2D eigenvalue weighted by atomic mass is 16.7. The first kappa shape index (κ1) is 18.8. The van der Waals surface area contributed by atoms with Crippen molar-refractivity contribution < 1.29 is 28.8 Å².